The summed E-state index contributed by atoms with van der Waals surface area (Å²) in [5.74, 6) is 0.798. The molecule has 0 bridgehead atoms. The van der Waals surface area contributed by atoms with Gasteiger partial charge in [-0.25, -0.2) is 14.1 Å². The minimum Gasteiger partial charge on any atom is -0.479 e. The first-order chi connectivity index (χ1) is 16.0. The van der Waals surface area contributed by atoms with Crippen LogP contribution in [0.3, 0.4) is 0 Å². The molecule has 1 saturated heterocycles. The largest absolute Gasteiger partial charge is 0.479 e. The SMILES string of the molecule is COc1ncc(-n2nc(-c3cnn(C[C@H]4CCN(C(C)C)C4)c3)c3c2NCOCC3)cc1F. The number of hydrogen-bond acceptors (Lipinski definition) is 7. The zero-order valence-electron chi connectivity index (χ0n) is 19.3. The lowest BCUT2D eigenvalue weighted by Crippen LogP contribution is -2.28. The molecule has 0 amide bonds. The monoisotopic (exact) mass is 455 g/mol. The molecular formula is C23H30FN7O2. The topological polar surface area (TPSA) is 82.3 Å². The average Bonchev–Trinajstić information content (AvgIpc) is 3.50. The van der Waals surface area contributed by atoms with Gasteiger partial charge in [-0.05, 0) is 32.7 Å². The van der Waals surface area contributed by atoms with Gasteiger partial charge in [0.2, 0.25) is 5.88 Å². The van der Waals surface area contributed by atoms with Crippen LogP contribution < -0.4 is 10.1 Å². The van der Waals surface area contributed by atoms with Crippen LogP contribution in [0.25, 0.3) is 16.9 Å². The summed E-state index contributed by atoms with van der Waals surface area (Å²) in [4.78, 5) is 6.59. The van der Waals surface area contributed by atoms with Crippen LogP contribution in [0.5, 0.6) is 5.88 Å². The molecule has 33 heavy (non-hydrogen) atoms. The Balaban J connectivity index is 1.45. The minimum absolute atomic E-state index is 0.0438. The van der Waals surface area contributed by atoms with Crippen molar-refractivity contribution in [1.82, 2.24) is 29.4 Å². The minimum atomic E-state index is -0.537. The third-order valence-electron chi connectivity index (χ3n) is 6.45. The maximum absolute atomic E-state index is 14.4. The van der Waals surface area contributed by atoms with Crippen molar-refractivity contribution in [1.29, 1.82) is 0 Å². The first kappa shape index (κ1) is 21.8. The van der Waals surface area contributed by atoms with Crippen LogP contribution >= 0.6 is 0 Å². The van der Waals surface area contributed by atoms with Crippen molar-refractivity contribution in [2.24, 2.45) is 5.92 Å². The molecule has 0 aromatic carbocycles. The Kier molecular flexibility index (Phi) is 6.03. The number of halogens is 1. The molecule has 3 aromatic heterocycles. The van der Waals surface area contributed by atoms with Gasteiger partial charge in [0, 0.05) is 48.9 Å². The molecule has 0 spiro atoms. The number of methoxy groups -OCH3 is 1. The summed E-state index contributed by atoms with van der Waals surface area (Å²) in [6.45, 7) is 8.57. The summed E-state index contributed by atoms with van der Waals surface area (Å²) >= 11 is 0. The zero-order chi connectivity index (χ0) is 22.9. The molecule has 176 valence electrons. The van der Waals surface area contributed by atoms with Crippen LogP contribution in [0, 0.1) is 11.7 Å². The number of pyridine rings is 1. The molecule has 2 aliphatic rings. The second kappa shape index (κ2) is 9.11. The highest BCUT2D eigenvalue weighted by molar-refractivity contribution is 5.70. The Hall–Kier alpha value is -2.98. The van der Waals surface area contributed by atoms with Crippen molar-refractivity contribution in [3.63, 3.8) is 0 Å². The molecule has 5 heterocycles. The van der Waals surface area contributed by atoms with Crippen LogP contribution in [-0.4, -0.2) is 69.0 Å². The number of aromatic nitrogens is 5. The van der Waals surface area contributed by atoms with Crippen LogP contribution in [0.1, 0.15) is 25.8 Å². The van der Waals surface area contributed by atoms with E-state index in [0.717, 1.165) is 42.3 Å². The molecule has 1 N–H and O–H groups in total. The lowest BCUT2D eigenvalue weighted by molar-refractivity contribution is 0.159. The summed E-state index contributed by atoms with van der Waals surface area (Å²) in [5, 5.41) is 12.7. The normalized spacial score (nSPS) is 18.9. The van der Waals surface area contributed by atoms with Gasteiger partial charge in [-0.2, -0.15) is 10.2 Å². The predicted octanol–water partition coefficient (Wildman–Crippen LogP) is 2.95. The highest BCUT2D eigenvalue weighted by Gasteiger charge is 2.26. The molecule has 0 aliphatic carbocycles. The van der Waals surface area contributed by atoms with Gasteiger partial charge in [-0.3, -0.25) is 4.68 Å². The highest BCUT2D eigenvalue weighted by Crippen LogP contribution is 2.33. The molecule has 1 fully saturated rings. The first-order valence-corrected chi connectivity index (χ1v) is 11.4. The number of likely N-dealkylation sites (tertiary alicyclic amines) is 1. The molecule has 5 rings (SSSR count). The van der Waals surface area contributed by atoms with E-state index < -0.39 is 5.82 Å². The van der Waals surface area contributed by atoms with E-state index in [0.29, 0.717) is 37.4 Å². The maximum atomic E-state index is 14.4. The number of ether oxygens (including phenoxy) is 2. The lowest BCUT2D eigenvalue weighted by Gasteiger charge is -2.20. The van der Waals surface area contributed by atoms with Crippen molar-refractivity contribution in [3.8, 4) is 22.8 Å². The van der Waals surface area contributed by atoms with Gasteiger partial charge in [0.1, 0.15) is 18.2 Å². The molecule has 9 nitrogen and oxygen atoms in total. The van der Waals surface area contributed by atoms with Crippen LogP contribution in [0.2, 0.25) is 0 Å². The number of rotatable bonds is 6. The van der Waals surface area contributed by atoms with Gasteiger partial charge in [0.15, 0.2) is 5.82 Å². The van der Waals surface area contributed by atoms with Crippen LogP contribution in [0.15, 0.2) is 24.7 Å². The second-order valence-corrected chi connectivity index (χ2v) is 8.95. The van der Waals surface area contributed by atoms with Crippen LogP contribution in [-0.2, 0) is 17.7 Å². The lowest BCUT2D eigenvalue weighted by atomic mass is 10.1. The fraction of sp³-hybridized carbons (Fsp3) is 0.522. The van der Waals surface area contributed by atoms with E-state index >= 15 is 0 Å². The summed E-state index contributed by atoms with van der Waals surface area (Å²) in [6, 6.07) is 1.95. The Morgan fingerprint density at radius 3 is 2.97 bits per heavy atom. The van der Waals surface area contributed by atoms with Crippen molar-refractivity contribution >= 4 is 5.82 Å². The number of fused-ring (bicyclic) bond motifs is 1. The third kappa shape index (κ3) is 4.32. The molecule has 3 aromatic rings. The molecule has 0 unspecified atom stereocenters. The molecule has 0 radical (unpaired) electrons. The zero-order valence-corrected chi connectivity index (χ0v) is 19.3. The van der Waals surface area contributed by atoms with Gasteiger partial charge in [-0.1, -0.05) is 0 Å². The number of hydrogen-bond donors (Lipinski definition) is 1. The van der Waals surface area contributed by atoms with Gasteiger partial charge in [-0.15, -0.1) is 0 Å². The van der Waals surface area contributed by atoms with Crippen molar-refractivity contribution < 1.29 is 13.9 Å². The average molecular weight is 456 g/mol. The number of anilines is 1. The fourth-order valence-corrected chi connectivity index (χ4v) is 4.67. The maximum Gasteiger partial charge on any atom is 0.250 e. The standard InChI is InChI=1S/C23H30FN7O2/c1-15(2)29-6-4-16(11-29)12-30-13-17(9-27-30)21-19-5-7-33-14-26-22(19)31(28-21)18-8-20(24)23(32-3)25-10-18/h8-10,13,15-16,26H,4-7,11-12,14H2,1-3H3/t16-/m0/s1. The van der Waals surface area contributed by atoms with Gasteiger partial charge in [0.05, 0.1) is 31.8 Å². The quantitative estimate of drug-likeness (QED) is 0.612. The number of nitrogens with zero attached hydrogens (tertiary/aromatic N) is 6. The summed E-state index contributed by atoms with van der Waals surface area (Å²) in [6.07, 6.45) is 7.36. The second-order valence-electron chi connectivity index (χ2n) is 8.95. The van der Waals surface area contributed by atoms with Gasteiger partial charge >= 0.3 is 0 Å². The van der Waals surface area contributed by atoms with E-state index in [9.17, 15) is 4.39 Å². The van der Waals surface area contributed by atoms with Crippen LogP contribution in [0.4, 0.5) is 10.2 Å². The molecule has 1 atom stereocenters. The molecule has 2 aliphatic heterocycles. The molecular weight excluding hydrogens is 425 g/mol. The Labute approximate surface area is 192 Å². The summed E-state index contributed by atoms with van der Waals surface area (Å²) < 4.78 is 28.6. The fourth-order valence-electron chi connectivity index (χ4n) is 4.67. The summed E-state index contributed by atoms with van der Waals surface area (Å²) in [5.41, 5.74) is 3.29. The first-order valence-electron chi connectivity index (χ1n) is 11.4. The van der Waals surface area contributed by atoms with Crippen molar-refractivity contribution in [2.45, 2.75) is 39.3 Å². The van der Waals surface area contributed by atoms with Crippen molar-refractivity contribution in [2.75, 3.05) is 38.9 Å². The van der Waals surface area contributed by atoms with E-state index in [1.165, 1.54) is 19.6 Å². The Bertz CT molecular complexity index is 1130. The van der Waals surface area contributed by atoms with E-state index in [1.54, 1.807) is 10.9 Å². The van der Waals surface area contributed by atoms with Crippen molar-refractivity contribution in [3.05, 3.63) is 36.0 Å². The summed E-state index contributed by atoms with van der Waals surface area (Å²) in [7, 11) is 1.39. The highest BCUT2D eigenvalue weighted by atomic mass is 19.1. The van der Waals surface area contributed by atoms with E-state index in [2.05, 4.69) is 40.3 Å². The molecule has 10 heteroatoms. The Morgan fingerprint density at radius 2 is 2.21 bits per heavy atom. The smallest absolute Gasteiger partial charge is 0.250 e. The number of nitrogens with one attached hydrogen (secondary N) is 1. The van der Waals surface area contributed by atoms with E-state index in [-0.39, 0.29) is 5.88 Å². The van der Waals surface area contributed by atoms with Gasteiger partial charge in [0.25, 0.3) is 0 Å². The van der Waals surface area contributed by atoms with E-state index in [1.807, 2.05) is 10.9 Å². The predicted molar refractivity (Wildman–Crippen MR) is 122 cm³/mol. The third-order valence-corrected chi connectivity index (χ3v) is 6.45. The molecule has 0 saturated carbocycles. The Morgan fingerprint density at radius 1 is 1.33 bits per heavy atom. The van der Waals surface area contributed by atoms with Gasteiger partial charge < -0.3 is 19.7 Å². The van der Waals surface area contributed by atoms with E-state index in [4.69, 9.17) is 14.6 Å².